The molecule has 2 N–H and O–H groups in total. The Kier molecular flexibility index (Phi) is 6.82. The zero-order valence-corrected chi connectivity index (χ0v) is 15.4. The minimum Gasteiger partial charge on any atom is -0.326 e. The summed E-state index contributed by atoms with van der Waals surface area (Å²) in [5, 5.41) is 7.79. The number of halogens is 3. The van der Waals surface area contributed by atoms with Crippen molar-refractivity contribution in [2.45, 2.75) is 13.3 Å². The number of rotatable bonds is 5. The molecule has 0 saturated carbocycles. The van der Waals surface area contributed by atoms with Crippen LogP contribution in [-0.2, 0) is 4.79 Å². The van der Waals surface area contributed by atoms with E-state index in [0.29, 0.717) is 32.0 Å². The quantitative estimate of drug-likeness (QED) is 0.562. The first-order chi connectivity index (χ1) is 11.8. The van der Waals surface area contributed by atoms with E-state index in [-0.39, 0.29) is 12.3 Å². The fourth-order valence-corrected chi connectivity index (χ4v) is 2.38. The van der Waals surface area contributed by atoms with Crippen LogP contribution in [0, 0.1) is 0 Å². The number of hydrogen-bond donors (Lipinski definition) is 2. The van der Waals surface area contributed by atoms with Gasteiger partial charge in [-0.1, -0.05) is 40.9 Å². The van der Waals surface area contributed by atoms with E-state index < -0.39 is 5.91 Å². The molecule has 8 heteroatoms. The molecule has 2 amide bonds. The van der Waals surface area contributed by atoms with Crippen LogP contribution in [0.1, 0.15) is 23.7 Å². The summed E-state index contributed by atoms with van der Waals surface area (Å²) in [5.41, 5.74) is 3.72. The molecule has 0 aliphatic heterocycles. The van der Waals surface area contributed by atoms with Crippen molar-refractivity contribution in [2.75, 3.05) is 5.32 Å². The maximum absolute atomic E-state index is 12.0. The minimum absolute atomic E-state index is 0.00999. The molecule has 0 bridgehead atoms. The highest BCUT2D eigenvalue weighted by Gasteiger charge is 2.08. The van der Waals surface area contributed by atoms with Gasteiger partial charge in [0.1, 0.15) is 0 Å². The molecule has 2 aromatic rings. The van der Waals surface area contributed by atoms with E-state index in [0.717, 1.165) is 0 Å². The molecule has 0 spiro atoms. The number of carbonyl (C=O) groups is 2. The summed E-state index contributed by atoms with van der Waals surface area (Å²) >= 11 is 17.5. The number of nitrogens with one attached hydrogen (secondary N) is 2. The van der Waals surface area contributed by atoms with Gasteiger partial charge in [0.15, 0.2) is 0 Å². The van der Waals surface area contributed by atoms with E-state index in [1.807, 2.05) is 0 Å². The molecule has 0 unspecified atom stereocenters. The number of amides is 2. The van der Waals surface area contributed by atoms with E-state index in [2.05, 4.69) is 15.8 Å². The number of carbonyl (C=O) groups excluding carboxylic acids is 2. The van der Waals surface area contributed by atoms with Crippen molar-refractivity contribution in [2.24, 2.45) is 5.10 Å². The van der Waals surface area contributed by atoms with E-state index >= 15 is 0 Å². The van der Waals surface area contributed by atoms with Crippen molar-refractivity contribution in [1.82, 2.24) is 5.43 Å². The number of hydrazone groups is 1. The van der Waals surface area contributed by atoms with Gasteiger partial charge >= 0.3 is 0 Å². The lowest BCUT2D eigenvalue weighted by Gasteiger charge is -2.07. The SMILES string of the molecule is C/C(CC(=O)Nc1ccc(Cl)c(Cl)c1)=N/NC(=O)c1cccc(Cl)c1. The average Bonchev–Trinajstić information content (AvgIpc) is 2.56. The molecule has 2 rings (SSSR count). The molecule has 0 atom stereocenters. The molecule has 130 valence electrons. The maximum atomic E-state index is 12.0. The van der Waals surface area contributed by atoms with Crippen molar-refractivity contribution < 1.29 is 9.59 Å². The molecule has 2 aromatic carbocycles. The van der Waals surface area contributed by atoms with Crippen LogP contribution in [0.4, 0.5) is 5.69 Å². The molecule has 0 saturated heterocycles. The molecule has 0 fully saturated rings. The zero-order chi connectivity index (χ0) is 18.4. The Labute approximate surface area is 160 Å². The molecule has 0 radical (unpaired) electrons. The number of benzene rings is 2. The first-order valence-corrected chi connectivity index (χ1v) is 8.32. The Morgan fingerprint density at radius 2 is 1.80 bits per heavy atom. The average molecular weight is 399 g/mol. The van der Waals surface area contributed by atoms with Gasteiger partial charge < -0.3 is 5.32 Å². The Balaban J connectivity index is 1.90. The Bertz CT molecular complexity index is 838. The van der Waals surface area contributed by atoms with Crippen molar-refractivity contribution in [1.29, 1.82) is 0 Å². The summed E-state index contributed by atoms with van der Waals surface area (Å²) in [7, 11) is 0. The van der Waals surface area contributed by atoms with E-state index in [4.69, 9.17) is 34.8 Å². The van der Waals surface area contributed by atoms with Crippen LogP contribution in [0.25, 0.3) is 0 Å². The van der Waals surface area contributed by atoms with Gasteiger partial charge in [0.2, 0.25) is 5.91 Å². The van der Waals surface area contributed by atoms with Crippen LogP contribution in [0.5, 0.6) is 0 Å². The smallest absolute Gasteiger partial charge is 0.271 e. The predicted molar refractivity (Wildman–Crippen MR) is 102 cm³/mol. The highest BCUT2D eigenvalue weighted by molar-refractivity contribution is 6.42. The second-order valence-electron chi connectivity index (χ2n) is 5.15. The van der Waals surface area contributed by atoms with Gasteiger partial charge in [0, 0.05) is 22.0 Å². The van der Waals surface area contributed by atoms with Crippen LogP contribution in [0.15, 0.2) is 47.6 Å². The number of anilines is 1. The maximum Gasteiger partial charge on any atom is 0.271 e. The van der Waals surface area contributed by atoms with Crippen LogP contribution < -0.4 is 10.7 Å². The third-order valence-corrected chi connectivity index (χ3v) is 4.03. The standard InChI is InChI=1S/C17H14Cl3N3O2/c1-10(22-23-17(25)11-3-2-4-12(18)8-11)7-16(24)21-13-5-6-14(19)15(20)9-13/h2-6,8-9H,7H2,1H3,(H,21,24)(H,23,25)/b22-10-. The summed E-state index contributed by atoms with van der Waals surface area (Å²) in [4.78, 5) is 23.9. The van der Waals surface area contributed by atoms with E-state index in [9.17, 15) is 9.59 Å². The fourth-order valence-electron chi connectivity index (χ4n) is 1.89. The molecule has 0 heterocycles. The minimum atomic E-state index is -0.410. The van der Waals surface area contributed by atoms with E-state index in [1.165, 1.54) is 6.07 Å². The summed E-state index contributed by atoms with van der Waals surface area (Å²) in [6, 6.07) is 11.3. The topological polar surface area (TPSA) is 70.6 Å². The monoisotopic (exact) mass is 397 g/mol. The van der Waals surface area contributed by atoms with Crippen LogP contribution in [0.3, 0.4) is 0 Å². The van der Waals surface area contributed by atoms with Gasteiger partial charge in [-0.25, -0.2) is 5.43 Å². The zero-order valence-electron chi connectivity index (χ0n) is 13.1. The van der Waals surface area contributed by atoms with Crippen molar-refractivity contribution >= 4 is 58.0 Å². The van der Waals surface area contributed by atoms with Gasteiger partial charge in [-0.2, -0.15) is 5.10 Å². The third kappa shape index (κ3) is 6.05. The summed E-state index contributed by atoms with van der Waals surface area (Å²) in [5.74, 6) is -0.705. The molecule has 0 aliphatic rings. The highest BCUT2D eigenvalue weighted by atomic mass is 35.5. The second-order valence-corrected chi connectivity index (χ2v) is 6.40. The number of nitrogens with zero attached hydrogens (tertiary/aromatic N) is 1. The lowest BCUT2D eigenvalue weighted by atomic mass is 10.2. The molecular weight excluding hydrogens is 385 g/mol. The van der Waals surface area contributed by atoms with Crippen molar-refractivity contribution in [3.05, 3.63) is 63.1 Å². The molecule has 25 heavy (non-hydrogen) atoms. The van der Waals surface area contributed by atoms with Crippen molar-refractivity contribution in [3.63, 3.8) is 0 Å². The van der Waals surface area contributed by atoms with Crippen LogP contribution >= 0.6 is 34.8 Å². The first-order valence-electron chi connectivity index (χ1n) is 7.19. The van der Waals surface area contributed by atoms with Gasteiger partial charge in [-0.15, -0.1) is 0 Å². The van der Waals surface area contributed by atoms with E-state index in [1.54, 1.807) is 43.3 Å². The van der Waals surface area contributed by atoms with Crippen molar-refractivity contribution in [3.8, 4) is 0 Å². The molecule has 0 aromatic heterocycles. The van der Waals surface area contributed by atoms with Crippen LogP contribution in [0.2, 0.25) is 15.1 Å². The lowest BCUT2D eigenvalue weighted by molar-refractivity contribution is -0.115. The van der Waals surface area contributed by atoms with Gasteiger partial charge in [-0.3, -0.25) is 9.59 Å². The second kappa shape index (κ2) is 8.85. The molecule has 0 aliphatic carbocycles. The molecular formula is C17H14Cl3N3O2. The van der Waals surface area contributed by atoms with Gasteiger partial charge in [-0.05, 0) is 43.3 Å². The summed E-state index contributed by atoms with van der Waals surface area (Å²) in [6.45, 7) is 1.63. The van der Waals surface area contributed by atoms with Gasteiger partial charge in [0.05, 0.1) is 16.5 Å². The Hall–Kier alpha value is -2.08. The summed E-state index contributed by atoms with van der Waals surface area (Å²) < 4.78 is 0. The highest BCUT2D eigenvalue weighted by Crippen LogP contribution is 2.25. The first kappa shape index (κ1) is 19.2. The number of hydrogen-bond acceptors (Lipinski definition) is 3. The predicted octanol–water partition coefficient (Wildman–Crippen LogP) is 4.78. The lowest BCUT2D eigenvalue weighted by Crippen LogP contribution is -2.21. The van der Waals surface area contributed by atoms with Gasteiger partial charge in [0.25, 0.3) is 5.91 Å². The fraction of sp³-hybridized carbons (Fsp3) is 0.118. The van der Waals surface area contributed by atoms with Crippen LogP contribution in [-0.4, -0.2) is 17.5 Å². The Morgan fingerprint density at radius 3 is 2.48 bits per heavy atom. The summed E-state index contributed by atoms with van der Waals surface area (Å²) in [6.07, 6.45) is 0.00999. The largest absolute Gasteiger partial charge is 0.326 e. The Morgan fingerprint density at radius 1 is 1.04 bits per heavy atom. The molecule has 5 nitrogen and oxygen atoms in total. The third-order valence-electron chi connectivity index (χ3n) is 3.05. The normalized spacial score (nSPS) is 11.1.